The second-order valence-corrected chi connectivity index (χ2v) is 19.3. The minimum Gasteiger partial charge on any atom is -0.456 e. The van der Waals surface area contributed by atoms with E-state index in [9.17, 15) is 0 Å². The molecule has 0 N–H and O–H groups in total. The fraction of sp³-hybridized carbons (Fsp3) is 0.224. The Morgan fingerprint density at radius 3 is 1.75 bits per heavy atom. The monoisotopic (exact) mass is 816 g/mol. The highest BCUT2D eigenvalue weighted by Crippen LogP contribution is 2.65. The van der Waals surface area contributed by atoms with Gasteiger partial charge >= 0.3 is 0 Å². The molecule has 5 aliphatic rings. The van der Waals surface area contributed by atoms with E-state index in [2.05, 4.69) is 176 Å². The van der Waals surface area contributed by atoms with Gasteiger partial charge in [-0.25, -0.2) is 15.0 Å². The first-order valence-corrected chi connectivity index (χ1v) is 22.9. The second kappa shape index (κ2) is 13.8. The summed E-state index contributed by atoms with van der Waals surface area (Å²) >= 11 is 0. The van der Waals surface area contributed by atoms with Gasteiger partial charge in [0.2, 0.25) is 0 Å². The fourth-order valence-electron chi connectivity index (χ4n) is 12.8. The lowest BCUT2D eigenvalue weighted by molar-refractivity contribution is -0.0454. The van der Waals surface area contributed by atoms with Crippen LogP contribution in [0.5, 0.6) is 0 Å². The molecule has 3 heterocycles. The van der Waals surface area contributed by atoms with Gasteiger partial charge in [0.15, 0.2) is 11.6 Å². The van der Waals surface area contributed by atoms with Gasteiger partial charge in [0.1, 0.15) is 17.0 Å². The van der Waals surface area contributed by atoms with Gasteiger partial charge in [-0.1, -0.05) is 135 Å². The molecule has 2 aromatic heterocycles. The molecule has 9 aromatic rings. The molecule has 4 aliphatic carbocycles. The molecule has 0 atom stereocenters. The van der Waals surface area contributed by atoms with E-state index >= 15 is 0 Å². The van der Waals surface area contributed by atoms with E-state index in [0.29, 0.717) is 11.8 Å². The first-order valence-electron chi connectivity index (χ1n) is 22.9. The number of rotatable bonds is 6. The molecular formula is C58H48N4O. The highest BCUT2D eigenvalue weighted by molar-refractivity contribution is 6.06. The third kappa shape index (κ3) is 5.58. The Morgan fingerprint density at radius 2 is 1.05 bits per heavy atom. The van der Waals surface area contributed by atoms with Crippen LogP contribution in [0.1, 0.15) is 68.5 Å². The number of para-hydroxylation sites is 2. The van der Waals surface area contributed by atoms with Gasteiger partial charge in [-0.2, -0.15) is 0 Å². The van der Waals surface area contributed by atoms with Crippen molar-refractivity contribution in [3.8, 4) is 33.9 Å². The third-order valence-electron chi connectivity index (χ3n) is 15.5. The second-order valence-electron chi connectivity index (χ2n) is 19.3. The highest BCUT2D eigenvalue weighted by Gasteiger charge is 2.60. The van der Waals surface area contributed by atoms with E-state index in [4.69, 9.17) is 19.4 Å². The van der Waals surface area contributed by atoms with Gasteiger partial charge in [0.05, 0.1) is 16.8 Å². The van der Waals surface area contributed by atoms with Crippen molar-refractivity contribution in [1.82, 2.24) is 15.0 Å². The summed E-state index contributed by atoms with van der Waals surface area (Å²) in [5.41, 5.74) is 13.3. The Hall–Kier alpha value is -6.85. The zero-order valence-electron chi connectivity index (χ0n) is 35.7. The van der Waals surface area contributed by atoms with Crippen molar-refractivity contribution < 1.29 is 4.42 Å². The third-order valence-corrected chi connectivity index (χ3v) is 15.5. The van der Waals surface area contributed by atoms with E-state index in [0.717, 1.165) is 68.1 Å². The van der Waals surface area contributed by atoms with Crippen LogP contribution in [0.4, 0.5) is 17.1 Å². The number of benzene rings is 7. The zero-order valence-corrected chi connectivity index (χ0v) is 35.7. The van der Waals surface area contributed by atoms with Crippen molar-refractivity contribution >= 4 is 39.0 Å². The molecule has 0 spiro atoms. The van der Waals surface area contributed by atoms with Crippen LogP contribution in [-0.4, -0.2) is 15.0 Å². The topological polar surface area (TPSA) is 55.1 Å². The number of fused-ring (bicyclic) bond motifs is 5. The van der Waals surface area contributed by atoms with Gasteiger partial charge in [0.25, 0.3) is 0 Å². The molecule has 4 saturated carbocycles. The molecule has 4 bridgehead atoms. The lowest BCUT2D eigenvalue weighted by atomic mass is 9.43. The smallest absolute Gasteiger partial charge is 0.163 e. The quantitative estimate of drug-likeness (QED) is 0.167. The first kappa shape index (κ1) is 36.8. The van der Waals surface area contributed by atoms with Crippen LogP contribution in [0.2, 0.25) is 0 Å². The van der Waals surface area contributed by atoms with Gasteiger partial charge < -0.3 is 9.32 Å². The van der Waals surface area contributed by atoms with Crippen LogP contribution >= 0.6 is 0 Å². The summed E-state index contributed by atoms with van der Waals surface area (Å²) in [5.74, 6) is 4.99. The minimum atomic E-state index is -0.308. The number of nitrogens with zero attached hydrogens (tertiary/aromatic N) is 4. The number of furan rings is 1. The summed E-state index contributed by atoms with van der Waals surface area (Å²) in [5, 5.41) is 2.30. The lowest BCUT2D eigenvalue weighted by Gasteiger charge is -2.60. The summed E-state index contributed by atoms with van der Waals surface area (Å²) in [4.78, 5) is 18.7. The summed E-state index contributed by atoms with van der Waals surface area (Å²) in [6.45, 7) is 4.75. The molecule has 63 heavy (non-hydrogen) atoms. The number of anilines is 3. The van der Waals surface area contributed by atoms with Gasteiger partial charge in [-0.3, -0.25) is 0 Å². The van der Waals surface area contributed by atoms with Crippen LogP contribution in [-0.2, 0) is 10.8 Å². The molecule has 1 aliphatic heterocycles. The van der Waals surface area contributed by atoms with Crippen LogP contribution in [0.3, 0.4) is 0 Å². The van der Waals surface area contributed by atoms with Crippen molar-refractivity contribution in [2.24, 2.45) is 23.7 Å². The van der Waals surface area contributed by atoms with E-state index in [1.165, 1.54) is 71.3 Å². The first-order chi connectivity index (χ1) is 30.9. The Balaban J connectivity index is 0.955. The minimum absolute atomic E-state index is 0.221. The molecule has 0 amide bonds. The average Bonchev–Trinajstić information content (AvgIpc) is 3.70. The summed E-state index contributed by atoms with van der Waals surface area (Å²) in [6, 6.07) is 61.6. The number of aromatic nitrogens is 3. The average molecular weight is 817 g/mol. The normalized spacial score (nSPS) is 22.9. The molecule has 7 aromatic carbocycles. The Labute approximate surface area is 368 Å². The molecule has 0 unspecified atom stereocenters. The van der Waals surface area contributed by atoms with Crippen molar-refractivity contribution in [3.63, 3.8) is 0 Å². The zero-order chi connectivity index (χ0) is 41.9. The molecule has 5 nitrogen and oxygen atoms in total. The van der Waals surface area contributed by atoms with Crippen molar-refractivity contribution in [2.75, 3.05) is 4.90 Å². The fourth-order valence-corrected chi connectivity index (χ4v) is 12.8. The summed E-state index contributed by atoms with van der Waals surface area (Å²) in [7, 11) is 0. The predicted octanol–water partition coefficient (Wildman–Crippen LogP) is 14.6. The largest absolute Gasteiger partial charge is 0.456 e. The lowest BCUT2D eigenvalue weighted by Crippen LogP contribution is -2.57. The van der Waals surface area contributed by atoms with Crippen molar-refractivity contribution in [3.05, 3.63) is 192 Å². The van der Waals surface area contributed by atoms with Crippen LogP contribution in [0.15, 0.2) is 174 Å². The van der Waals surface area contributed by atoms with E-state index < -0.39 is 0 Å². The molecule has 306 valence electrons. The Morgan fingerprint density at radius 1 is 0.476 bits per heavy atom. The maximum atomic E-state index is 6.21. The van der Waals surface area contributed by atoms with Gasteiger partial charge in [-0.15, -0.1) is 0 Å². The van der Waals surface area contributed by atoms with Crippen LogP contribution < -0.4 is 4.90 Å². The standard InChI is InChI=1S/C58H48N4O/c1-57(2)48-18-10-11-19-50(48)62(51-27-21-41(35-49(51)57)40-22-28-53-47(34-40)46-17-9-12-20-52(46)63-53)45-25-23-42(24-26-45)58(43-30-36-29-37(32-43)33-44(58)31-36)56-60-54(38-13-5-3-6-14-38)59-55(61-56)39-15-7-4-8-16-39/h3-28,34-37,43-44H,29-33H2,1-2H3. The van der Waals surface area contributed by atoms with E-state index in [1.807, 2.05) is 12.1 Å². The molecule has 0 radical (unpaired) electrons. The Bertz CT molecular complexity index is 3140. The number of hydrogen-bond donors (Lipinski definition) is 0. The van der Waals surface area contributed by atoms with Crippen molar-refractivity contribution in [1.29, 1.82) is 0 Å². The maximum absolute atomic E-state index is 6.21. The van der Waals surface area contributed by atoms with Crippen LogP contribution in [0, 0.1) is 23.7 Å². The van der Waals surface area contributed by atoms with Crippen molar-refractivity contribution in [2.45, 2.75) is 56.8 Å². The molecule has 5 heteroatoms. The van der Waals surface area contributed by atoms with Gasteiger partial charge in [-0.05, 0) is 132 Å². The maximum Gasteiger partial charge on any atom is 0.163 e. The van der Waals surface area contributed by atoms with Crippen LogP contribution in [0.25, 0.3) is 55.8 Å². The summed E-state index contributed by atoms with van der Waals surface area (Å²) in [6.07, 6.45) is 6.31. The summed E-state index contributed by atoms with van der Waals surface area (Å²) < 4.78 is 6.21. The number of hydrogen-bond acceptors (Lipinski definition) is 5. The SMILES string of the molecule is CC1(C)c2ccccc2N(c2ccc(C3(c4nc(-c5ccccc5)nc(-c5ccccc5)n4)C4CC5CC(C4)CC3C5)cc2)c2ccc(-c3ccc4oc5ccccc5c4c3)cc21. The Kier molecular flexibility index (Phi) is 8.07. The highest BCUT2D eigenvalue weighted by atomic mass is 16.3. The predicted molar refractivity (Wildman–Crippen MR) is 254 cm³/mol. The molecular weight excluding hydrogens is 769 g/mol. The van der Waals surface area contributed by atoms with E-state index in [-0.39, 0.29) is 10.8 Å². The molecule has 14 rings (SSSR count). The van der Waals surface area contributed by atoms with Gasteiger partial charge in [0, 0.05) is 33.0 Å². The molecule has 0 saturated heterocycles. The molecule has 4 fully saturated rings. The van der Waals surface area contributed by atoms with E-state index in [1.54, 1.807) is 0 Å².